The third-order valence-corrected chi connectivity index (χ3v) is 6.72. The Morgan fingerprint density at radius 1 is 0.971 bits per heavy atom. The first-order valence-corrected chi connectivity index (χ1v) is 12.6. The van der Waals surface area contributed by atoms with Crippen LogP contribution in [0.15, 0.2) is 42.5 Å². The van der Waals surface area contributed by atoms with Crippen LogP contribution in [0.2, 0.25) is 0 Å². The lowest BCUT2D eigenvalue weighted by atomic mass is 9.87. The van der Waals surface area contributed by atoms with Crippen molar-refractivity contribution in [3.8, 4) is 17.2 Å². The van der Waals surface area contributed by atoms with Gasteiger partial charge in [-0.05, 0) is 41.2 Å². The molecule has 1 aliphatic heterocycles. The minimum atomic E-state index is -0.0137. The van der Waals surface area contributed by atoms with Crippen LogP contribution in [0.1, 0.15) is 44.7 Å². The van der Waals surface area contributed by atoms with Crippen LogP contribution in [0.4, 0.5) is 0 Å². The smallest absolute Gasteiger partial charge is 0.225 e. The van der Waals surface area contributed by atoms with Gasteiger partial charge in [0.2, 0.25) is 5.91 Å². The fraction of sp³-hybridized carbons (Fsp3) is 0.552. The normalized spacial score (nSPS) is 18.2. The van der Waals surface area contributed by atoms with Crippen LogP contribution in [0.25, 0.3) is 0 Å². The van der Waals surface area contributed by atoms with Gasteiger partial charge in [0.25, 0.3) is 0 Å². The molecular weight excluding hydrogens is 440 g/mol. The maximum atomic E-state index is 13.1. The summed E-state index contributed by atoms with van der Waals surface area (Å²) >= 11 is 0. The molecule has 2 aromatic rings. The van der Waals surface area contributed by atoms with Gasteiger partial charge in [0, 0.05) is 50.6 Å². The summed E-state index contributed by atoms with van der Waals surface area (Å²) in [5.74, 6) is 3.72. The molecule has 1 fully saturated rings. The Kier molecular flexibility index (Phi) is 9.44. The third-order valence-electron chi connectivity index (χ3n) is 6.72. The Morgan fingerprint density at radius 3 is 2.20 bits per heavy atom. The number of nitrogens with zero attached hydrogens (tertiary/aromatic N) is 2. The molecule has 35 heavy (non-hydrogen) atoms. The molecule has 0 saturated carbocycles. The van der Waals surface area contributed by atoms with Crippen molar-refractivity contribution in [2.24, 2.45) is 17.8 Å². The summed E-state index contributed by atoms with van der Waals surface area (Å²) in [6, 6.07) is 14.3. The van der Waals surface area contributed by atoms with Crippen LogP contribution in [0.3, 0.4) is 0 Å². The number of hydrogen-bond acceptors (Lipinski definition) is 5. The number of carbonyl (C=O) groups is 1. The highest BCUT2D eigenvalue weighted by atomic mass is 16.5. The van der Waals surface area contributed by atoms with Gasteiger partial charge >= 0.3 is 0 Å². The van der Waals surface area contributed by atoms with Crippen molar-refractivity contribution in [3.05, 3.63) is 53.6 Å². The highest BCUT2D eigenvalue weighted by Crippen LogP contribution is 2.39. The summed E-state index contributed by atoms with van der Waals surface area (Å²) in [5.41, 5.74) is 2.37. The van der Waals surface area contributed by atoms with Crippen molar-refractivity contribution < 1.29 is 19.0 Å². The topological polar surface area (TPSA) is 51.2 Å². The van der Waals surface area contributed by atoms with Crippen LogP contribution in [0, 0.1) is 17.8 Å². The number of methoxy groups -OCH3 is 3. The van der Waals surface area contributed by atoms with Gasteiger partial charge in [-0.3, -0.25) is 9.69 Å². The van der Waals surface area contributed by atoms with Gasteiger partial charge < -0.3 is 19.1 Å². The fourth-order valence-corrected chi connectivity index (χ4v) is 5.16. The van der Waals surface area contributed by atoms with Crippen LogP contribution >= 0.6 is 0 Å². The number of ether oxygens (including phenoxy) is 3. The number of hydrogen-bond donors (Lipinski definition) is 0. The molecular formula is C29H42N2O4. The summed E-state index contributed by atoms with van der Waals surface area (Å²) in [4.78, 5) is 17.7. The van der Waals surface area contributed by atoms with Gasteiger partial charge in [-0.15, -0.1) is 0 Å². The fourth-order valence-electron chi connectivity index (χ4n) is 5.16. The molecule has 3 rings (SSSR count). The molecule has 2 unspecified atom stereocenters. The molecule has 192 valence electrons. The molecule has 6 nitrogen and oxygen atoms in total. The molecule has 0 aromatic heterocycles. The van der Waals surface area contributed by atoms with Crippen molar-refractivity contribution in [1.82, 2.24) is 9.80 Å². The zero-order chi connectivity index (χ0) is 25.5. The van der Waals surface area contributed by atoms with Gasteiger partial charge in [0.1, 0.15) is 17.2 Å². The molecule has 0 bridgehead atoms. The van der Waals surface area contributed by atoms with Gasteiger partial charge in [0.05, 0.1) is 21.3 Å². The van der Waals surface area contributed by atoms with E-state index in [1.807, 2.05) is 32.0 Å². The van der Waals surface area contributed by atoms with E-state index in [9.17, 15) is 4.79 Å². The maximum Gasteiger partial charge on any atom is 0.225 e. The van der Waals surface area contributed by atoms with E-state index in [-0.39, 0.29) is 17.7 Å². The molecule has 1 saturated heterocycles. The molecule has 2 atom stereocenters. The Bertz CT molecular complexity index is 953. The number of para-hydroxylation sites is 1. The van der Waals surface area contributed by atoms with Gasteiger partial charge in [-0.25, -0.2) is 0 Å². The highest BCUT2D eigenvalue weighted by Gasteiger charge is 2.37. The summed E-state index contributed by atoms with van der Waals surface area (Å²) in [6.45, 7) is 12.4. The SMILES string of the molecule is COc1cc(CN2CC(CN(CC(C)C)C(=O)C(C)C)C(c3ccccc3OC)C2)cc(OC)c1. The number of amides is 1. The predicted molar refractivity (Wildman–Crippen MR) is 140 cm³/mol. The van der Waals surface area contributed by atoms with Gasteiger partial charge in [0.15, 0.2) is 0 Å². The van der Waals surface area contributed by atoms with Crippen molar-refractivity contribution in [3.63, 3.8) is 0 Å². The zero-order valence-corrected chi connectivity index (χ0v) is 22.4. The van der Waals surface area contributed by atoms with Crippen LogP contribution in [-0.2, 0) is 11.3 Å². The number of benzene rings is 2. The van der Waals surface area contributed by atoms with E-state index in [0.29, 0.717) is 11.8 Å². The lowest BCUT2D eigenvalue weighted by molar-refractivity contribution is -0.135. The Hall–Kier alpha value is -2.73. The van der Waals surface area contributed by atoms with E-state index < -0.39 is 0 Å². The van der Waals surface area contributed by atoms with E-state index in [1.54, 1.807) is 21.3 Å². The average Bonchev–Trinajstić information content (AvgIpc) is 3.23. The zero-order valence-electron chi connectivity index (χ0n) is 22.4. The second kappa shape index (κ2) is 12.3. The van der Waals surface area contributed by atoms with Crippen LogP contribution in [0.5, 0.6) is 17.2 Å². The minimum absolute atomic E-state index is 0.0137. The van der Waals surface area contributed by atoms with Gasteiger partial charge in [-0.1, -0.05) is 45.9 Å². The van der Waals surface area contributed by atoms with Crippen molar-refractivity contribution in [2.75, 3.05) is 47.5 Å². The van der Waals surface area contributed by atoms with Crippen LogP contribution in [-0.4, -0.2) is 63.2 Å². The number of likely N-dealkylation sites (tertiary alicyclic amines) is 1. The van der Waals surface area contributed by atoms with E-state index in [2.05, 4.69) is 47.9 Å². The quantitative estimate of drug-likeness (QED) is 0.448. The Balaban J connectivity index is 1.90. The van der Waals surface area contributed by atoms with Crippen molar-refractivity contribution in [1.29, 1.82) is 0 Å². The monoisotopic (exact) mass is 482 g/mol. The summed E-state index contributed by atoms with van der Waals surface area (Å²) in [7, 11) is 5.09. The molecule has 0 N–H and O–H groups in total. The molecule has 1 aliphatic rings. The molecule has 0 aliphatic carbocycles. The summed E-state index contributed by atoms with van der Waals surface area (Å²) < 4.78 is 16.7. The lowest BCUT2D eigenvalue weighted by Crippen LogP contribution is -2.41. The lowest BCUT2D eigenvalue weighted by Gasteiger charge is -2.31. The standard InChI is InChI=1S/C29H42N2O4/c1-20(2)15-31(29(32)21(3)4)18-23-17-30(16-22-12-24(33-5)14-25(13-22)34-6)19-27(23)26-10-8-9-11-28(26)35-7/h8-14,20-21,23,27H,15-19H2,1-7H3. The second-order valence-electron chi connectivity index (χ2n) is 10.3. The Morgan fingerprint density at radius 2 is 1.63 bits per heavy atom. The molecule has 1 heterocycles. The average molecular weight is 483 g/mol. The third kappa shape index (κ3) is 6.91. The van der Waals surface area contributed by atoms with Crippen molar-refractivity contribution >= 4 is 5.91 Å². The van der Waals surface area contributed by atoms with E-state index in [1.165, 1.54) is 5.56 Å². The molecule has 1 amide bonds. The first-order chi connectivity index (χ1) is 16.7. The molecule has 0 spiro atoms. The van der Waals surface area contributed by atoms with Gasteiger partial charge in [-0.2, -0.15) is 0 Å². The molecule has 0 radical (unpaired) electrons. The number of rotatable bonds is 11. The Labute approximate surface area is 211 Å². The minimum Gasteiger partial charge on any atom is -0.497 e. The predicted octanol–water partition coefficient (Wildman–Crippen LogP) is 5.07. The summed E-state index contributed by atoms with van der Waals surface area (Å²) in [6.07, 6.45) is 0. The van der Waals surface area contributed by atoms with E-state index >= 15 is 0 Å². The van der Waals surface area contributed by atoms with E-state index in [4.69, 9.17) is 14.2 Å². The first-order valence-electron chi connectivity index (χ1n) is 12.6. The maximum absolute atomic E-state index is 13.1. The first kappa shape index (κ1) is 26.9. The largest absolute Gasteiger partial charge is 0.497 e. The number of carbonyl (C=O) groups excluding carboxylic acids is 1. The highest BCUT2D eigenvalue weighted by molar-refractivity contribution is 5.78. The molecule has 6 heteroatoms. The van der Waals surface area contributed by atoms with Crippen molar-refractivity contribution in [2.45, 2.75) is 40.2 Å². The summed E-state index contributed by atoms with van der Waals surface area (Å²) in [5, 5.41) is 0. The van der Waals surface area contributed by atoms with Crippen LogP contribution < -0.4 is 14.2 Å². The molecule has 2 aromatic carbocycles. The van der Waals surface area contributed by atoms with E-state index in [0.717, 1.165) is 55.5 Å². The second-order valence-corrected chi connectivity index (χ2v) is 10.3.